The van der Waals surface area contributed by atoms with E-state index in [1.807, 2.05) is 76.2 Å². The van der Waals surface area contributed by atoms with E-state index in [4.69, 9.17) is 27.9 Å². The van der Waals surface area contributed by atoms with Crippen LogP contribution in [0.4, 0.5) is 0 Å². The molecule has 0 saturated carbocycles. The number of fused-ring (bicyclic) bond motifs is 1. The maximum atomic E-state index is 13.1. The number of carbonyl (C=O) groups excluding carboxylic acids is 1. The zero-order chi connectivity index (χ0) is 25.5. The second kappa shape index (κ2) is 9.62. The SMILES string of the molecule is CC(=O)[C@@H](OC(C)(C)C)c1c(C)cc2c(ccc(=O)n2-c2ccc(Cl)cc2)c1-c1ccc(Cl)cc1. The van der Waals surface area contributed by atoms with Gasteiger partial charge >= 0.3 is 0 Å². The van der Waals surface area contributed by atoms with Gasteiger partial charge in [-0.25, -0.2) is 0 Å². The van der Waals surface area contributed by atoms with Gasteiger partial charge in [-0.3, -0.25) is 14.2 Å². The molecule has 3 aromatic carbocycles. The number of aromatic nitrogens is 1. The minimum Gasteiger partial charge on any atom is -0.360 e. The number of halogens is 2. The molecule has 4 nitrogen and oxygen atoms in total. The van der Waals surface area contributed by atoms with Crippen molar-refractivity contribution >= 4 is 39.9 Å². The summed E-state index contributed by atoms with van der Waals surface area (Å²) >= 11 is 12.3. The van der Waals surface area contributed by atoms with E-state index >= 15 is 0 Å². The molecule has 0 aliphatic rings. The summed E-state index contributed by atoms with van der Waals surface area (Å²) in [6.07, 6.45) is -0.777. The summed E-state index contributed by atoms with van der Waals surface area (Å²) in [7, 11) is 0. The van der Waals surface area contributed by atoms with Gasteiger partial charge in [-0.05, 0) is 105 Å². The number of ether oxygens (including phenoxy) is 1. The van der Waals surface area contributed by atoms with Crippen molar-refractivity contribution in [3.8, 4) is 16.8 Å². The van der Waals surface area contributed by atoms with E-state index < -0.39 is 11.7 Å². The van der Waals surface area contributed by atoms with Gasteiger partial charge < -0.3 is 4.74 Å². The Hall–Kier alpha value is -2.92. The van der Waals surface area contributed by atoms with Crippen molar-refractivity contribution in [1.82, 2.24) is 4.57 Å². The zero-order valence-corrected chi connectivity index (χ0v) is 21.9. The molecule has 1 aromatic heterocycles. The minimum absolute atomic E-state index is 0.0939. The van der Waals surface area contributed by atoms with E-state index in [-0.39, 0.29) is 11.3 Å². The third-order valence-corrected chi connectivity index (χ3v) is 6.27. The monoisotopic (exact) mass is 507 g/mol. The van der Waals surface area contributed by atoms with Crippen LogP contribution in [0, 0.1) is 6.92 Å². The molecule has 0 aliphatic heterocycles. The summed E-state index contributed by atoms with van der Waals surface area (Å²) in [4.78, 5) is 26.0. The number of hydrogen-bond donors (Lipinski definition) is 0. The van der Waals surface area contributed by atoms with E-state index in [0.717, 1.165) is 33.2 Å². The zero-order valence-electron chi connectivity index (χ0n) is 20.4. The van der Waals surface area contributed by atoms with Crippen LogP contribution in [0.2, 0.25) is 10.0 Å². The molecule has 4 rings (SSSR count). The lowest BCUT2D eigenvalue weighted by Gasteiger charge is -2.30. The Morgan fingerprint density at radius 1 is 0.914 bits per heavy atom. The highest BCUT2D eigenvalue weighted by molar-refractivity contribution is 6.31. The number of pyridine rings is 1. The van der Waals surface area contributed by atoms with Crippen LogP contribution < -0.4 is 5.56 Å². The number of rotatable bonds is 5. The fourth-order valence-corrected chi connectivity index (χ4v) is 4.61. The van der Waals surface area contributed by atoms with E-state index in [2.05, 4.69) is 0 Å². The largest absolute Gasteiger partial charge is 0.360 e. The van der Waals surface area contributed by atoms with Crippen molar-refractivity contribution < 1.29 is 9.53 Å². The molecule has 180 valence electrons. The predicted molar refractivity (Wildman–Crippen MR) is 144 cm³/mol. The number of Topliss-reactive ketones (excluding diaryl/α,β-unsaturated/α-hetero) is 1. The maximum Gasteiger partial charge on any atom is 0.255 e. The Labute approximate surface area is 215 Å². The van der Waals surface area contributed by atoms with Gasteiger partial charge in [0.05, 0.1) is 11.1 Å². The molecule has 1 atom stereocenters. The second-order valence-electron chi connectivity index (χ2n) is 9.63. The molecule has 4 aromatic rings. The molecule has 0 amide bonds. The molecule has 1 heterocycles. The summed E-state index contributed by atoms with van der Waals surface area (Å²) in [5.41, 5.74) is 4.06. The molecule has 0 spiro atoms. The van der Waals surface area contributed by atoms with Gasteiger partial charge in [0.15, 0.2) is 5.78 Å². The summed E-state index contributed by atoms with van der Waals surface area (Å²) < 4.78 is 7.96. The molecule has 35 heavy (non-hydrogen) atoms. The van der Waals surface area contributed by atoms with E-state index in [9.17, 15) is 9.59 Å². The van der Waals surface area contributed by atoms with Gasteiger partial charge in [-0.2, -0.15) is 0 Å². The van der Waals surface area contributed by atoms with Crippen molar-refractivity contribution in [3.05, 3.63) is 98.3 Å². The number of hydrogen-bond acceptors (Lipinski definition) is 3. The van der Waals surface area contributed by atoms with Crippen molar-refractivity contribution in [3.63, 3.8) is 0 Å². The number of carbonyl (C=O) groups is 1. The highest BCUT2D eigenvalue weighted by Gasteiger charge is 2.30. The summed E-state index contributed by atoms with van der Waals surface area (Å²) in [6.45, 7) is 9.28. The topological polar surface area (TPSA) is 48.3 Å². The molecular weight excluding hydrogens is 481 g/mol. The molecule has 0 saturated heterocycles. The van der Waals surface area contributed by atoms with Gasteiger partial charge in [0.25, 0.3) is 5.56 Å². The third kappa shape index (κ3) is 5.20. The van der Waals surface area contributed by atoms with Crippen LogP contribution in [0.5, 0.6) is 0 Å². The minimum atomic E-state index is -0.777. The highest BCUT2D eigenvalue weighted by atomic mass is 35.5. The molecule has 0 aliphatic carbocycles. The van der Waals surface area contributed by atoms with Crippen LogP contribution in [0.25, 0.3) is 27.7 Å². The summed E-state index contributed by atoms with van der Waals surface area (Å²) in [5.74, 6) is -0.0939. The molecule has 0 N–H and O–H groups in total. The van der Waals surface area contributed by atoms with Crippen LogP contribution in [-0.4, -0.2) is 16.0 Å². The van der Waals surface area contributed by atoms with Crippen molar-refractivity contribution in [1.29, 1.82) is 0 Å². The fraction of sp³-hybridized carbons (Fsp3) is 0.241. The lowest BCUT2D eigenvalue weighted by molar-refractivity contribution is -0.138. The van der Waals surface area contributed by atoms with Gasteiger partial charge in [0.1, 0.15) is 6.10 Å². The summed E-state index contributed by atoms with van der Waals surface area (Å²) in [6, 6.07) is 19.9. The van der Waals surface area contributed by atoms with Gasteiger partial charge in [-0.15, -0.1) is 0 Å². The first kappa shape index (κ1) is 25.2. The fourth-order valence-electron chi connectivity index (χ4n) is 4.35. The molecule has 6 heteroatoms. The van der Waals surface area contributed by atoms with Crippen molar-refractivity contribution in [2.75, 3.05) is 0 Å². The normalized spacial score (nSPS) is 12.7. The van der Waals surface area contributed by atoms with Gasteiger partial charge in [-0.1, -0.05) is 35.3 Å². The molecular formula is C29H27Cl2NO3. The average Bonchev–Trinajstić information content (AvgIpc) is 2.78. The third-order valence-electron chi connectivity index (χ3n) is 5.77. The van der Waals surface area contributed by atoms with Crippen molar-refractivity contribution in [2.24, 2.45) is 0 Å². The molecule has 0 bridgehead atoms. The first-order valence-electron chi connectivity index (χ1n) is 11.4. The Morgan fingerprint density at radius 3 is 2.03 bits per heavy atom. The highest BCUT2D eigenvalue weighted by Crippen LogP contribution is 2.41. The number of aryl methyl sites for hydroxylation is 1. The second-order valence-corrected chi connectivity index (χ2v) is 10.5. The number of nitrogens with zero attached hydrogens (tertiary/aromatic N) is 1. The average molecular weight is 508 g/mol. The molecule has 0 unspecified atom stereocenters. The number of benzene rings is 3. The lowest BCUT2D eigenvalue weighted by Crippen LogP contribution is -2.27. The Bertz CT molecular complexity index is 1460. The van der Waals surface area contributed by atoms with Crippen LogP contribution in [0.1, 0.15) is 44.9 Å². The summed E-state index contributed by atoms with van der Waals surface area (Å²) in [5, 5.41) is 2.02. The van der Waals surface area contributed by atoms with E-state index in [1.54, 1.807) is 29.7 Å². The Balaban J connectivity index is 2.14. The molecule has 0 radical (unpaired) electrons. The lowest BCUT2D eigenvalue weighted by atomic mass is 9.87. The van der Waals surface area contributed by atoms with Crippen LogP contribution >= 0.6 is 23.2 Å². The van der Waals surface area contributed by atoms with Crippen LogP contribution in [-0.2, 0) is 9.53 Å². The van der Waals surface area contributed by atoms with Gasteiger partial charge in [0, 0.05) is 27.2 Å². The van der Waals surface area contributed by atoms with Crippen molar-refractivity contribution in [2.45, 2.75) is 46.3 Å². The van der Waals surface area contributed by atoms with Crippen LogP contribution in [0.15, 0.2) is 71.5 Å². The van der Waals surface area contributed by atoms with Gasteiger partial charge in [0.2, 0.25) is 0 Å². The smallest absolute Gasteiger partial charge is 0.255 e. The Kier molecular flexibility index (Phi) is 6.92. The standard InChI is InChI=1S/C29H27Cl2NO3/c1-17-16-24-23(14-15-25(34)32(24)22-12-10-21(31)11-13-22)27(19-6-8-20(30)9-7-19)26(17)28(18(2)33)35-29(3,4)5/h6-16,28H,1-5H3/t28-/m1/s1. The molecule has 0 fully saturated rings. The predicted octanol–water partition coefficient (Wildman–Crippen LogP) is 7.72. The Morgan fingerprint density at radius 2 is 1.49 bits per heavy atom. The van der Waals surface area contributed by atoms with E-state index in [1.165, 1.54) is 0 Å². The number of ketones is 1. The maximum absolute atomic E-state index is 13.1. The van der Waals surface area contributed by atoms with Crippen LogP contribution in [0.3, 0.4) is 0 Å². The first-order valence-corrected chi connectivity index (χ1v) is 12.1. The first-order chi connectivity index (χ1) is 16.5. The quantitative estimate of drug-likeness (QED) is 0.277. The van der Waals surface area contributed by atoms with E-state index in [0.29, 0.717) is 15.7 Å².